The van der Waals surface area contributed by atoms with E-state index >= 15 is 0 Å². The van der Waals surface area contributed by atoms with Crippen molar-refractivity contribution in [3.05, 3.63) is 70.3 Å². The van der Waals surface area contributed by atoms with Crippen LogP contribution in [0.4, 0.5) is 5.69 Å². The molecule has 0 radical (unpaired) electrons. The molecule has 0 unspecified atom stereocenters. The highest BCUT2D eigenvalue weighted by molar-refractivity contribution is 6.39. The number of nitrogens with one attached hydrogen (secondary N) is 1. The van der Waals surface area contributed by atoms with Crippen molar-refractivity contribution in [1.29, 1.82) is 0 Å². The van der Waals surface area contributed by atoms with Gasteiger partial charge in [0.1, 0.15) is 5.82 Å². The molecule has 0 saturated heterocycles. The topological polar surface area (TPSA) is 84.3 Å². The molecule has 0 fully saturated rings. The normalized spacial score (nSPS) is 13.3. The van der Waals surface area contributed by atoms with Crippen molar-refractivity contribution in [3.63, 3.8) is 0 Å². The van der Waals surface area contributed by atoms with Gasteiger partial charge in [-0.15, -0.1) is 0 Å². The Morgan fingerprint density at radius 3 is 2.68 bits per heavy atom. The molecule has 1 aliphatic heterocycles. The third-order valence-electron chi connectivity index (χ3n) is 5.65. The largest absolute Gasteiger partial charge is 0.330 e. The highest BCUT2D eigenvalue weighted by Crippen LogP contribution is 2.18. The number of carbonyl (C=O) groups is 2. The van der Waals surface area contributed by atoms with Crippen LogP contribution in [0.3, 0.4) is 0 Å². The predicted octanol–water partition coefficient (Wildman–Crippen LogP) is 3.11. The molecule has 2 amide bonds. The summed E-state index contributed by atoms with van der Waals surface area (Å²) in [6, 6.07) is 14.6. The van der Waals surface area contributed by atoms with Crippen molar-refractivity contribution in [2.24, 2.45) is 0 Å². The lowest BCUT2D eigenvalue weighted by Crippen LogP contribution is -2.39. The number of nitrogens with zero attached hydrogens (tertiary/aromatic N) is 3. The van der Waals surface area contributed by atoms with Crippen LogP contribution in [-0.2, 0) is 29.1 Å². The van der Waals surface area contributed by atoms with Crippen LogP contribution in [0.25, 0.3) is 10.9 Å². The molecule has 1 N–H and O–H groups in total. The average Bonchev–Trinajstić information content (AvgIpc) is 3.04. The summed E-state index contributed by atoms with van der Waals surface area (Å²) >= 11 is 0. The van der Waals surface area contributed by atoms with Crippen LogP contribution >= 0.6 is 0 Å². The standard InChI is InChI=1S/C24H26N4O3/c1-2-27(16-17-9-5-3-6-10-17)24(31)22(29)25-18-12-13-20-19(15-18)23(30)28-14-8-4-7-11-21(28)26-20/h3,5-6,9-10,12-13,15H,2,4,7-8,11,14,16H2,1H3,(H,25,29). The van der Waals surface area contributed by atoms with E-state index < -0.39 is 11.8 Å². The van der Waals surface area contributed by atoms with Gasteiger partial charge in [0, 0.05) is 31.7 Å². The predicted molar refractivity (Wildman–Crippen MR) is 120 cm³/mol. The molecule has 0 bridgehead atoms. The lowest BCUT2D eigenvalue weighted by molar-refractivity contribution is -0.143. The molecule has 2 aromatic carbocycles. The highest BCUT2D eigenvalue weighted by atomic mass is 16.2. The van der Waals surface area contributed by atoms with Gasteiger partial charge in [-0.25, -0.2) is 4.98 Å². The number of likely N-dealkylation sites (N-methyl/N-ethyl adjacent to an activating group) is 1. The minimum atomic E-state index is -0.722. The monoisotopic (exact) mass is 418 g/mol. The smallest absolute Gasteiger partial charge is 0.313 e. The molecule has 1 aromatic heterocycles. The number of anilines is 1. The molecule has 7 nitrogen and oxygen atoms in total. The second kappa shape index (κ2) is 9.12. The summed E-state index contributed by atoms with van der Waals surface area (Å²) < 4.78 is 1.74. The summed E-state index contributed by atoms with van der Waals surface area (Å²) in [6.07, 6.45) is 3.87. The van der Waals surface area contributed by atoms with Gasteiger partial charge in [-0.3, -0.25) is 19.0 Å². The molecule has 1 aliphatic rings. The summed E-state index contributed by atoms with van der Waals surface area (Å²) in [6.45, 7) is 3.27. The van der Waals surface area contributed by atoms with E-state index in [9.17, 15) is 14.4 Å². The van der Waals surface area contributed by atoms with Gasteiger partial charge in [-0.05, 0) is 43.5 Å². The van der Waals surface area contributed by atoms with Crippen molar-refractivity contribution in [2.75, 3.05) is 11.9 Å². The Morgan fingerprint density at radius 2 is 1.90 bits per heavy atom. The van der Waals surface area contributed by atoms with Gasteiger partial charge in [0.15, 0.2) is 0 Å². The Balaban J connectivity index is 1.54. The van der Waals surface area contributed by atoms with Crippen molar-refractivity contribution < 1.29 is 9.59 Å². The van der Waals surface area contributed by atoms with E-state index in [0.717, 1.165) is 37.1 Å². The zero-order valence-corrected chi connectivity index (χ0v) is 17.6. The summed E-state index contributed by atoms with van der Waals surface area (Å²) in [5, 5.41) is 3.10. The van der Waals surface area contributed by atoms with Crippen molar-refractivity contribution in [3.8, 4) is 0 Å². The number of aryl methyl sites for hydroxylation is 1. The fourth-order valence-electron chi connectivity index (χ4n) is 3.96. The maximum absolute atomic E-state index is 13.0. The van der Waals surface area contributed by atoms with Crippen LogP contribution in [-0.4, -0.2) is 32.8 Å². The van der Waals surface area contributed by atoms with Gasteiger partial charge in [0.2, 0.25) is 0 Å². The van der Waals surface area contributed by atoms with Gasteiger partial charge in [0.05, 0.1) is 10.9 Å². The van der Waals surface area contributed by atoms with E-state index in [2.05, 4.69) is 10.3 Å². The first-order valence-electron chi connectivity index (χ1n) is 10.7. The number of fused-ring (bicyclic) bond motifs is 2. The first-order valence-corrected chi connectivity index (χ1v) is 10.7. The van der Waals surface area contributed by atoms with Crippen LogP contribution in [0, 0.1) is 0 Å². The minimum absolute atomic E-state index is 0.0939. The summed E-state index contributed by atoms with van der Waals surface area (Å²) in [4.78, 5) is 44.4. The Morgan fingerprint density at radius 1 is 1.10 bits per heavy atom. The molecule has 0 spiro atoms. The van der Waals surface area contributed by atoms with Crippen molar-refractivity contribution in [1.82, 2.24) is 14.5 Å². The maximum Gasteiger partial charge on any atom is 0.313 e. The highest BCUT2D eigenvalue weighted by Gasteiger charge is 2.21. The molecule has 0 atom stereocenters. The van der Waals surface area contributed by atoms with E-state index in [4.69, 9.17) is 0 Å². The Hall–Kier alpha value is -3.48. The lowest BCUT2D eigenvalue weighted by atomic mass is 10.2. The van der Waals surface area contributed by atoms with Crippen LogP contribution < -0.4 is 10.9 Å². The first kappa shape index (κ1) is 20.8. The Bertz CT molecular complexity index is 1170. The lowest BCUT2D eigenvalue weighted by Gasteiger charge is -2.20. The number of hydrogen-bond acceptors (Lipinski definition) is 4. The molecule has 0 saturated carbocycles. The molecule has 2 heterocycles. The number of hydrogen-bond donors (Lipinski definition) is 1. The van der Waals surface area contributed by atoms with Crippen molar-refractivity contribution >= 4 is 28.4 Å². The first-order chi connectivity index (χ1) is 15.1. The zero-order valence-electron chi connectivity index (χ0n) is 17.6. The number of benzene rings is 2. The maximum atomic E-state index is 13.0. The third-order valence-corrected chi connectivity index (χ3v) is 5.65. The second-order valence-electron chi connectivity index (χ2n) is 7.79. The fourth-order valence-corrected chi connectivity index (χ4v) is 3.96. The molecular weight excluding hydrogens is 392 g/mol. The van der Waals surface area contributed by atoms with E-state index in [1.807, 2.05) is 37.3 Å². The molecule has 31 heavy (non-hydrogen) atoms. The van der Waals surface area contributed by atoms with Crippen LogP contribution in [0.1, 0.15) is 37.6 Å². The van der Waals surface area contributed by atoms with Gasteiger partial charge in [-0.1, -0.05) is 36.8 Å². The van der Waals surface area contributed by atoms with Gasteiger partial charge < -0.3 is 10.2 Å². The summed E-state index contributed by atoms with van der Waals surface area (Å²) in [7, 11) is 0. The van der Waals surface area contributed by atoms with Crippen molar-refractivity contribution in [2.45, 2.75) is 45.7 Å². The van der Waals surface area contributed by atoms with E-state index in [1.54, 1.807) is 22.8 Å². The van der Waals surface area contributed by atoms with E-state index in [1.165, 1.54) is 4.90 Å². The Labute approximate surface area is 180 Å². The molecule has 0 aliphatic carbocycles. The minimum Gasteiger partial charge on any atom is -0.330 e. The number of rotatable bonds is 4. The van der Waals surface area contributed by atoms with Crippen LogP contribution in [0.15, 0.2) is 53.3 Å². The average molecular weight is 418 g/mol. The Kier molecular flexibility index (Phi) is 6.11. The number of amides is 2. The van der Waals surface area contributed by atoms with Crippen LogP contribution in [0.2, 0.25) is 0 Å². The van der Waals surface area contributed by atoms with E-state index in [-0.39, 0.29) is 5.56 Å². The quantitative estimate of drug-likeness (QED) is 0.660. The molecule has 3 aromatic rings. The second-order valence-corrected chi connectivity index (χ2v) is 7.79. The zero-order chi connectivity index (χ0) is 21.8. The molecule has 4 rings (SSSR count). The third kappa shape index (κ3) is 4.50. The number of carbonyl (C=O) groups excluding carboxylic acids is 2. The number of aromatic nitrogens is 2. The van der Waals surface area contributed by atoms with E-state index in [0.29, 0.717) is 36.2 Å². The molecule has 7 heteroatoms. The molecule has 160 valence electrons. The van der Waals surface area contributed by atoms with Gasteiger partial charge in [-0.2, -0.15) is 0 Å². The summed E-state index contributed by atoms with van der Waals surface area (Å²) in [5.41, 5.74) is 1.89. The molecular formula is C24H26N4O3. The SMILES string of the molecule is CCN(Cc1ccccc1)C(=O)C(=O)Nc1ccc2nc3n(c(=O)c2c1)CCCCC3. The fraction of sp³-hybridized carbons (Fsp3) is 0.333. The van der Waals surface area contributed by atoms with Gasteiger partial charge >= 0.3 is 11.8 Å². The van der Waals surface area contributed by atoms with Gasteiger partial charge in [0.25, 0.3) is 5.56 Å². The van der Waals surface area contributed by atoms with Crippen LogP contribution in [0.5, 0.6) is 0 Å². The summed E-state index contributed by atoms with van der Waals surface area (Å²) in [5.74, 6) is -0.510.